The van der Waals surface area contributed by atoms with E-state index in [2.05, 4.69) is 21.1 Å². The van der Waals surface area contributed by atoms with E-state index < -0.39 is 0 Å². The highest BCUT2D eigenvalue weighted by Gasteiger charge is 2.28. The monoisotopic (exact) mass is 286 g/mol. The molecule has 1 unspecified atom stereocenters. The summed E-state index contributed by atoms with van der Waals surface area (Å²) in [5.74, 6) is 1.20. The van der Waals surface area contributed by atoms with Crippen molar-refractivity contribution in [3.63, 3.8) is 0 Å². The largest absolute Gasteiger partial charge is 0.339 e. The summed E-state index contributed by atoms with van der Waals surface area (Å²) >= 11 is 0. The number of halogens is 1. The first-order valence-corrected chi connectivity index (χ1v) is 6.87. The van der Waals surface area contributed by atoms with E-state index in [0.29, 0.717) is 23.8 Å². The molecule has 6 heteroatoms. The third-order valence-corrected chi connectivity index (χ3v) is 3.75. The number of aryl methyl sites for hydroxylation is 1. The molecule has 1 aliphatic heterocycles. The Bertz CT molecular complexity index is 691. The Balaban J connectivity index is 1.70. The van der Waals surface area contributed by atoms with Gasteiger partial charge in [0.25, 0.3) is 0 Å². The van der Waals surface area contributed by atoms with Crippen molar-refractivity contribution in [3.8, 4) is 6.07 Å². The molecule has 0 saturated carbocycles. The van der Waals surface area contributed by atoms with Gasteiger partial charge in [0.15, 0.2) is 5.82 Å². The van der Waals surface area contributed by atoms with Crippen LogP contribution in [0.3, 0.4) is 0 Å². The van der Waals surface area contributed by atoms with Gasteiger partial charge in [-0.1, -0.05) is 5.16 Å². The second kappa shape index (κ2) is 5.62. The third kappa shape index (κ3) is 2.93. The summed E-state index contributed by atoms with van der Waals surface area (Å²) in [5.41, 5.74) is 1.24. The van der Waals surface area contributed by atoms with Gasteiger partial charge in [0, 0.05) is 13.1 Å². The van der Waals surface area contributed by atoms with Crippen LogP contribution in [0, 0.1) is 24.1 Å². The zero-order chi connectivity index (χ0) is 14.8. The van der Waals surface area contributed by atoms with Crippen LogP contribution in [0.25, 0.3) is 0 Å². The smallest absolute Gasteiger partial charge is 0.231 e. The van der Waals surface area contributed by atoms with Gasteiger partial charge in [0.2, 0.25) is 5.89 Å². The number of nitriles is 1. The molecule has 0 aliphatic carbocycles. The molecule has 1 aliphatic rings. The van der Waals surface area contributed by atoms with E-state index in [1.54, 1.807) is 6.92 Å². The zero-order valence-electron chi connectivity index (χ0n) is 11.7. The summed E-state index contributed by atoms with van der Waals surface area (Å²) in [6.45, 7) is 4.01. The molecule has 0 spiro atoms. The molecular formula is C15H15FN4O. The lowest BCUT2D eigenvalue weighted by Crippen LogP contribution is -2.20. The van der Waals surface area contributed by atoms with Crippen LogP contribution in [0.2, 0.25) is 0 Å². The molecule has 5 nitrogen and oxygen atoms in total. The first kappa shape index (κ1) is 13.7. The lowest BCUT2D eigenvalue weighted by molar-refractivity contribution is 0.308. The van der Waals surface area contributed by atoms with Gasteiger partial charge in [-0.25, -0.2) is 4.39 Å². The van der Waals surface area contributed by atoms with Crippen LogP contribution >= 0.6 is 0 Å². The molecule has 2 heterocycles. The van der Waals surface area contributed by atoms with Crippen molar-refractivity contribution in [3.05, 3.63) is 46.9 Å². The van der Waals surface area contributed by atoms with Crippen LogP contribution in [0.4, 0.5) is 4.39 Å². The molecular weight excluding hydrogens is 271 g/mol. The maximum Gasteiger partial charge on any atom is 0.231 e. The Kier molecular flexibility index (Phi) is 3.67. The van der Waals surface area contributed by atoms with Gasteiger partial charge in [-0.15, -0.1) is 0 Å². The summed E-state index contributed by atoms with van der Waals surface area (Å²) in [4.78, 5) is 6.45. The lowest BCUT2D eigenvalue weighted by Gasteiger charge is -2.16. The SMILES string of the molecule is Cc1noc(C2CCN(Cc3cc(F)ccc3C#N)C2)n1. The van der Waals surface area contributed by atoms with Crippen LogP contribution in [0.1, 0.15) is 35.2 Å². The normalized spacial score (nSPS) is 18.8. The van der Waals surface area contributed by atoms with Crippen LogP contribution in [0.5, 0.6) is 0 Å². The van der Waals surface area contributed by atoms with E-state index in [1.807, 2.05) is 0 Å². The van der Waals surface area contributed by atoms with Crippen molar-refractivity contribution in [1.29, 1.82) is 5.26 Å². The van der Waals surface area contributed by atoms with Gasteiger partial charge >= 0.3 is 0 Å². The first-order chi connectivity index (χ1) is 10.2. The van der Waals surface area contributed by atoms with Crippen LogP contribution in [-0.2, 0) is 6.54 Å². The minimum Gasteiger partial charge on any atom is -0.339 e. The minimum absolute atomic E-state index is 0.213. The third-order valence-electron chi connectivity index (χ3n) is 3.75. The fourth-order valence-corrected chi connectivity index (χ4v) is 2.70. The Hall–Kier alpha value is -2.26. The maximum atomic E-state index is 13.3. The molecule has 3 rings (SSSR count). The van der Waals surface area contributed by atoms with Crippen molar-refractivity contribution < 1.29 is 8.91 Å². The number of likely N-dealkylation sites (tertiary alicyclic amines) is 1. The summed E-state index contributed by atoms with van der Waals surface area (Å²) in [6, 6.07) is 6.38. The second-order valence-corrected chi connectivity index (χ2v) is 5.31. The van der Waals surface area contributed by atoms with Gasteiger partial charge in [-0.3, -0.25) is 4.90 Å². The van der Waals surface area contributed by atoms with Gasteiger partial charge in [0.1, 0.15) is 5.82 Å². The van der Waals surface area contributed by atoms with Crippen LogP contribution in [0.15, 0.2) is 22.7 Å². The highest BCUT2D eigenvalue weighted by Crippen LogP contribution is 2.27. The predicted molar refractivity (Wildman–Crippen MR) is 72.8 cm³/mol. The van der Waals surface area contributed by atoms with E-state index in [0.717, 1.165) is 25.1 Å². The summed E-state index contributed by atoms with van der Waals surface area (Å²) in [6.07, 6.45) is 0.929. The van der Waals surface area contributed by atoms with Gasteiger partial charge < -0.3 is 4.52 Å². The number of hydrogen-bond acceptors (Lipinski definition) is 5. The summed E-state index contributed by atoms with van der Waals surface area (Å²) < 4.78 is 18.6. The van der Waals surface area contributed by atoms with Crippen molar-refractivity contribution in [2.45, 2.75) is 25.8 Å². The molecule has 0 bridgehead atoms. The van der Waals surface area contributed by atoms with E-state index in [4.69, 9.17) is 9.78 Å². The quantitative estimate of drug-likeness (QED) is 0.866. The molecule has 0 radical (unpaired) electrons. The van der Waals surface area contributed by atoms with Crippen LogP contribution < -0.4 is 0 Å². The minimum atomic E-state index is -0.313. The average molecular weight is 286 g/mol. The molecule has 1 aromatic carbocycles. The fourth-order valence-electron chi connectivity index (χ4n) is 2.70. The van der Waals surface area contributed by atoms with E-state index in [9.17, 15) is 4.39 Å². The summed E-state index contributed by atoms with van der Waals surface area (Å²) in [5, 5.41) is 12.9. The predicted octanol–water partition coefficient (Wildman–Crippen LogP) is 2.38. The molecule has 0 N–H and O–H groups in total. The maximum absolute atomic E-state index is 13.3. The second-order valence-electron chi connectivity index (χ2n) is 5.31. The molecule has 0 amide bonds. The number of aromatic nitrogens is 2. The fraction of sp³-hybridized carbons (Fsp3) is 0.400. The van der Waals surface area contributed by atoms with Gasteiger partial charge in [-0.05, 0) is 43.7 Å². The van der Waals surface area contributed by atoms with E-state index in [1.165, 1.54) is 18.2 Å². The Morgan fingerprint density at radius 1 is 1.52 bits per heavy atom. The lowest BCUT2D eigenvalue weighted by atomic mass is 10.1. The van der Waals surface area contributed by atoms with Crippen molar-refractivity contribution in [1.82, 2.24) is 15.0 Å². The highest BCUT2D eigenvalue weighted by atomic mass is 19.1. The molecule has 1 atom stereocenters. The summed E-state index contributed by atoms with van der Waals surface area (Å²) in [7, 11) is 0. The Labute approximate surface area is 122 Å². The van der Waals surface area contributed by atoms with E-state index in [-0.39, 0.29) is 11.7 Å². The number of rotatable bonds is 3. The average Bonchev–Trinajstić information content (AvgIpc) is 3.08. The molecule has 1 aromatic heterocycles. The topological polar surface area (TPSA) is 66.0 Å². The molecule has 1 saturated heterocycles. The Morgan fingerprint density at radius 2 is 2.38 bits per heavy atom. The standard InChI is InChI=1S/C15H15FN4O/c1-10-18-15(21-19-10)12-4-5-20(8-12)9-13-6-14(16)3-2-11(13)7-17/h2-3,6,12H,4-5,8-9H2,1H3. The number of benzene rings is 1. The van der Waals surface area contributed by atoms with Gasteiger partial charge in [-0.2, -0.15) is 10.2 Å². The highest BCUT2D eigenvalue weighted by molar-refractivity contribution is 5.37. The number of hydrogen-bond donors (Lipinski definition) is 0. The molecule has 108 valence electrons. The van der Waals surface area contributed by atoms with E-state index >= 15 is 0 Å². The number of nitrogens with zero attached hydrogens (tertiary/aromatic N) is 4. The molecule has 2 aromatic rings. The van der Waals surface area contributed by atoms with Gasteiger partial charge in [0.05, 0.1) is 17.6 Å². The van der Waals surface area contributed by atoms with Crippen molar-refractivity contribution in [2.75, 3.05) is 13.1 Å². The zero-order valence-corrected chi connectivity index (χ0v) is 11.7. The first-order valence-electron chi connectivity index (χ1n) is 6.87. The van der Waals surface area contributed by atoms with Crippen LogP contribution in [-0.4, -0.2) is 28.1 Å². The molecule has 1 fully saturated rings. The van der Waals surface area contributed by atoms with Crippen molar-refractivity contribution >= 4 is 0 Å². The molecule has 21 heavy (non-hydrogen) atoms. The van der Waals surface area contributed by atoms with Crippen molar-refractivity contribution in [2.24, 2.45) is 0 Å². The Morgan fingerprint density at radius 3 is 3.10 bits per heavy atom.